The number of hydrogen-bond acceptors (Lipinski definition) is 6. The topological polar surface area (TPSA) is 86.5 Å². The number of carbonyl (C=O) groups excluding carboxylic acids is 1. The molecule has 0 saturated carbocycles. The minimum Gasteiger partial charge on any atom is -0.508 e. The summed E-state index contributed by atoms with van der Waals surface area (Å²) in [5.74, 6) is 2.30. The highest BCUT2D eigenvalue weighted by Gasteiger charge is 2.25. The summed E-state index contributed by atoms with van der Waals surface area (Å²) in [6, 6.07) is 7.48. The number of benzene rings is 1. The van der Waals surface area contributed by atoms with E-state index in [-0.39, 0.29) is 11.8 Å². The minimum atomic E-state index is 0.0642. The van der Waals surface area contributed by atoms with Crippen LogP contribution in [-0.2, 0) is 30.8 Å². The number of fused-ring (bicyclic) bond motifs is 1. The Balaban J connectivity index is 1.34. The monoisotopic (exact) mass is 398 g/mol. The number of amides is 1. The molecule has 29 heavy (non-hydrogen) atoms. The molecule has 156 valence electrons. The molecule has 0 bridgehead atoms. The summed E-state index contributed by atoms with van der Waals surface area (Å²) in [5, 5.41) is 21.8. The quantitative estimate of drug-likeness (QED) is 0.782. The molecule has 4 rings (SSSR count). The van der Waals surface area contributed by atoms with Crippen molar-refractivity contribution in [2.24, 2.45) is 5.92 Å². The molecule has 0 spiro atoms. The van der Waals surface area contributed by atoms with Crippen molar-refractivity contribution >= 4 is 5.91 Å². The summed E-state index contributed by atoms with van der Waals surface area (Å²) in [6.45, 7) is 5.54. The Hall–Kier alpha value is -2.45. The molecule has 1 aromatic heterocycles. The largest absolute Gasteiger partial charge is 0.508 e. The number of aromatic hydroxyl groups is 1. The fourth-order valence-corrected chi connectivity index (χ4v) is 4.29. The predicted molar refractivity (Wildman–Crippen MR) is 109 cm³/mol. The molecule has 2 aliphatic rings. The number of aromatic nitrogens is 3. The fourth-order valence-electron chi connectivity index (χ4n) is 4.29. The fraction of sp³-hybridized carbons (Fsp3) is 0.571. The SMILES string of the molecule is CN1CCCC(C(=O)NCc2nnc3n2CCN(Cc2ccccc2O)CC3)C1. The molecule has 1 atom stereocenters. The summed E-state index contributed by atoms with van der Waals surface area (Å²) in [7, 11) is 2.07. The van der Waals surface area contributed by atoms with Crippen LogP contribution >= 0.6 is 0 Å². The van der Waals surface area contributed by atoms with Gasteiger partial charge < -0.3 is 19.9 Å². The Bertz CT molecular complexity index is 851. The lowest BCUT2D eigenvalue weighted by Gasteiger charge is -2.28. The Morgan fingerprint density at radius 1 is 1.21 bits per heavy atom. The van der Waals surface area contributed by atoms with Gasteiger partial charge in [0.15, 0.2) is 5.82 Å². The number of nitrogens with one attached hydrogen (secondary N) is 1. The van der Waals surface area contributed by atoms with Gasteiger partial charge in [-0.1, -0.05) is 18.2 Å². The second-order valence-corrected chi connectivity index (χ2v) is 8.16. The highest BCUT2D eigenvalue weighted by atomic mass is 16.3. The zero-order valence-electron chi connectivity index (χ0n) is 17.0. The van der Waals surface area contributed by atoms with Crippen LogP contribution in [0.4, 0.5) is 0 Å². The molecule has 8 heteroatoms. The van der Waals surface area contributed by atoms with Crippen molar-refractivity contribution in [1.29, 1.82) is 0 Å². The Kier molecular flexibility index (Phi) is 6.10. The van der Waals surface area contributed by atoms with Crippen LogP contribution in [0.3, 0.4) is 0 Å². The molecule has 1 unspecified atom stereocenters. The van der Waals surface area contributed by atoms with Crippen LogP contribution in [0.25, 0.3) is 0 Å². The second-order valence-electron chi connectivity index (χ2n) is 8.16. The van der Waals surface area contributed by atoms with Crippen LogP contribution < -0.4 is 5.32 Å². The van der Waals surface area contributed by atoms with E-state index in [9.17, 15) is 9.90 Å². The van der Waals surface area contributed by atoms with E-state index in [4.69, 9.17) is 0 Å². The van der Waals surface area contributed by atoms with Crippen molar-refractivity contribution in [3.05, 3.63) is 41.5 Å². The van der Waals surface area contributed by atoms with Crippen molar-refractivity contribution in [3.8, 4) is 5.75 Å². The van der Waals surface area contributed by atoms with Gasteiger partial charge in [-0.15, -0.1) is 10.2 Å². The molecule has 0 radical (unpaired) electrons. The zero-order valence-corrected chi connectivity index (χ0v) is 17.0. The number of phenols is 1. The number of rotatable bonds is 5. The molecule has 8 nitrogen and oxygen atoms in total. The molecule has 2 N–H and O–H groups in total. The summed E-state index contributed by atoms with van der Waals surface area (Å²) < 4.78 is 2.14. The number of piperidine rings is 1. The molecule has 3 heterocycles. The Morgan fingerprint density at radius 3 is 2.90 bits per heavy atom. The average molecular weight is 399 g/mol. The Labute approximate surface area is 171 Å². The number of carbonyl (C=O) groups is 1. The van der Waals surface area contributed by atoms with Crippen molar-refractivity contribution in [1.82, 2.24) is 29.9 Å². The second kappa shape index (κ2) is 8.92. The number of phenolic OH excluding ortho intramolecular Hbond substituents is 1. The summed E-state index contributed by atoms with van der Waals surface area (Å²) in [6.07, 6.45) is 2.83. The third-order valence-corrected chi connectivity index (χ3v) is 6.00. The first kappa shape index (κ1) is 19.8. The minimum absolute atomic E-state index is 0.0642. The van der Waals surface area contributed by atoms with Gasteiger partial charge in [-0.3, -0.25) is 9.69 Å². The van der Waals surface area contributed by atoms with E-state index >= 15 is 0 Å². The van der Waals surface area contributed by atoms with Gasteiger partial charge in [-0.05, 0) is 32.5 Å². The van der Waals surface area contributed by atoms with Gasteiger partial charge in [0.2, 0.25) is 5.91 Å². The van der Waals surface area contributed by atoms with Gasteiger partial charge in [0, 0.05) is 44.7 Å². The highest BCUT2D eigenvalue weighted by molar-refractivity contribution is 5.78. The van der Waals surface area contributed by atoms with E-state index in [0.29, 0.717) is 18.8 Å². The van der Waals surface area contributed by atoms with Crippen LogP contribution in [-0.4, -0.2) is 68.8 Å². The normalized spacial score (nSPS) is 20.8. The molecule has 1 amide bonds. The highest BCUT2D eigenvalue weighted by Crippen LogP contribution is 2.19. The van der Waals surface area contributed by atoms with Crippen LogP contribution in [0.15, 0.2) is 24.3 Å². The molecule has 2 aromatic rings. The van der Waals surface area contributed by atoms with Gasteiger partial charge in [-0.2, -0.15) is 0 Å². The zero-order chi connectivity index (χ0) is 20.2. The Morgan fingerprint density at radius 2 is 2.07 bits per heavy atom. The lowest BCUT2D eigenvalue weighted by Crippen LogP contribution is -2.41. The van der Waals surface area contributed by atoms with Gasteiger partial charge >= 0.3 is 0 Å². The van der Waals surface area contributed by atoms with Crippen molar-refractivity contribution in [2.75, 3.05) is 33.2 Å². The summed E-state index contributed by atoms with van der Waals surface area (Å²) in [5.41, 5.74) is 0.940. The van der Waals surface area contributed by atoms with E-state index < -0.39 is 0 Å². The van der Waals surface area contributed by atoms with Crippen molar-refractivity contribution in [2.45, 2.75) is 38.9 Å². The number of para-hydroxylation sites is 1. The van der Waals surface area contributed by atoms with Gasteiger partial charge in [0.05, 0.1) is 12.5 Å². The van der Waals surface area contributed by atoms with E-state index in [1.165, 1.54) is 0 Å². The van der Waals surface area contributed by atoms with E-state index in [1.807, 2.05) is 18.2 Å². The molecular weight excluding hydrogens is 368 g/mol. The molecular formula is C21H30N6O2. The molecule has 2 aliphatic heterocycles. The van der Waals surface area contributed by atoms with Gasteiger partial charge in [0.25, 0.3) is 0 Å². The van der Waals surface area contributed by atoms with Crippen LogP contribution in [0.2, 0.25) is 0 Å². The van der Waals surface area contributed by atoms with E-state index in [1.54, 1.807) is 6.07 Å². The number of hydrogen-bond donors (Lipinski definition) is 2. The lowest BCUT2D eigenvalue weighted by molar-refractivity contribution is -0.126. The maximum absolute atomic E-state index is 12.5. The smallest absolute Gasteiger partial charge is 0.224 e. The van der Waals surface area contributed by atoms with Gasteiger partial charge in [0.1, 0.15) is 11.6 Å². The first-order valence-electron chi connectivity index (χ1n) is 10.5. The maximum atomic E-state index is 12.5. The first-order valence-corrected chi connectivity index (χ1v) is 10.5. The number of nitrogens with zero attached hydrogens (tertiary/aromatic N) is 5. The lowest BCUT2D eigenvalue weighted by atomic mass is 9.98. The van der Waals surface area contributed by atoms with Crippen LogP contribution in [0, 0.1) is 5.92 Å². The average Bonchev–Trinajstić information content (AvgIpc) is 3.00. The third-order valence-electron chi connectivity index (χ3n) is 6.00. The standard InChI is InChI=1S/C21H30N6O2/c1-25-9-4-6-17(14-25)21(29)22-13-20-24-23-19-8-10-26(11-12-27(19)20)15-16-5-2-3-7-18(16)28/h2-3,5,7,17,28H,4,6,8-15H2,1H3,(H,22,29). The molecule has 1 fully saturated rings. The van der Waals surface area contributed by atoms with Crippen LogP contribution in [0.5, 0.6) is 5.75 Å². The van der Waals surface area contributed by atoms with Crippen LogP contribution in [0.1, 0.15) is 30.1 Å². The van der Waals surface area contributed by atoms with Gasteiger partial charge in [-0.25, -0.2) is 0 Å². The third kappa shape index (κ3) is 4.76. The van der Waals surface area contributed by atoms with Crippen molar-refractivity contribution in [3.63, 3.8) is 0 Å². The molecule has 1 saturated heterocycles. The predicted octanol–water partition coefficient (Wildman–Crippen LogP) is 1.00. The molecule has 0 aliphatic carbocycles. The van der Waals surface area contributed by atoms with Crippen molar-refractivity contribution < 1.29 is 9.90 Å². The van der Waals surface area contributed by atoms with E-state index in [2.05, 4.69) is 36.9 Å². The first-order chi connectivity index (χ1) is 14.1. The number of likely N-dealkylation sites (tertiary alicyclic amines) is 1. The molecule has 1 aromatic carbocycles. The summed E-state index contributed by atoms with van der Waals surface area (Å²) in [4.78, 5) is 17.1. The van der Waals surface area contributed by atoms with E-state index in [0.717, 1.165) is 69.2 Å². The maximum Gasteiger partial charge on any atom is 0.224 e. The summed E-state index contributed by atoms with van der Waals surface area (Å²) >= 11 is 0.